The lowest BCUT2D eigenvalue weighted by Gasteiger charge is -2.34. The Kier molecular flexibility index (Phi) is 9.92. The highest BCUT2D eigenvalue weighted by Crippen LogP contribution is 2.50. The Morgan fingerprint density at radius 2 is 1.36 bits per heavy atom. The van der Waals surface area contributed by atoms with E-state index in [1.165, 1.54) is 4.90 Å². The zero-order valence-electron chi connectivity index (χ0n) is 25.5. The Bertz CT molecular complexity index is 1510. The maximum Gasteiger partial charge on any atom is 0.430 e. The van der Waals surface area contributed by atoms with Crippen LogP contribution in [0.5, 0.6) is 0 Å². The molecule has 1 aliphatic heterocycles. The third-order valence-electron chi connectivity index (χ3n) is 8.62. The van der Waals surface area contributed by atoms with E-state index in [-0.39, 0.29) is 25.3 Å². The van der Waals surface area contributed by atoms with Gasteiger partial charge in [0.15, 0.2) is 0 Å². The van der Waals surface area contributed by atoms with Crippen molar-refractivity contribution in [2.45, 2.75) is 95.6 Å². The molecule has 0 radical (unpaired) electrons. The van der Waals surface area contributed by atoms with E-state index in [0.29, 0.717) is 60.8 Å². The van der Waals surface area contributed by atoms with Crippen LogP contribution in [0.3, 0.4) is 0 Å². The first-order valence-electron chi connectivity index (χ1n) is 15.2. The van der Waals surface area contributed by atoms with E-state index in [1.807, 2.05) is 42.5 Å². The summed E-state index contributed by atoms with van der Waals surface area (Å²) in [7, 11) is 0. The molecule has 3 amide bonds. The topological polar surface area (TPSA) is 69.6 Å². The van der Waals surface area contributed by atoms with Gasteiger partial charge in [0.1, 0.15) is 5.54 Å². The first-order chi connectivity index (χ1) is 21.1. The average molecular weight is 637 g/mol. The molecule has 3 aromatic carbocycles. The minimum absolute atomic E-state index is 0.167. The Balaban J connectivity index is 1.47. The molecule has 11 heteroatoms. The summed E-state index contributed by atoms with van der Waals surface area (Å²) in [5.41, 5.74) is -5.36. The van der Waals surface area contributed by atoms with Gasteiger partial charge >= 0.3 is 18.4 Å². The van der Waals surface area contributed by atoms with Gasteiger partial charge in [0.25, 0.3) is 11.5 Å². The number of benzene rings is 3. The van der Waals surface area contributed by atoms with E-state index in [9.17, 15) is 41.0 Å². The summed E-state index contributed by atoms with van der Waals surface area (Å²) < 4.78 is 82.0. The molecular weight excluding hydrogens is 598 g/mol. The number of unbranched alkanes of at least 4 members (excludes halogenated alkanes) is 2. The summed E-state index contributed by atoms with van der Waals surface area (Å²) in [6.07, 6.45) is -8.45. The third-order valence-corrected chi connectivity index (χ3v) is 8.62. The molecule has 2 N–H and O–H groups in total. The summed E-state index contributed by atoms with van der Waals surface area (Å²) in [5, 5.41) is 14.8. The lowest BCUT2D eigenvalue weighted by Crippen LogP contribution is -2.54. The van der Waals surface area contributed by atoms with Crippen LogP contribution in [-0.4, -0.2) is 40.8 Å². The van der Waals surface area contributed by atoms with Gasteiger partial charge in [-0.1, -0.05) is 81.6 Å². The lowest BCUT2D eigenvalue weighted by atomic mass is 9.83. The van der Waals surface area contributed by atoms with Crippen molar-refractivity contribution in [1.29, 1.82) is 0 Å². The van der Waals surface area contributed by atoms with Gasteiger partial charge in [0.05, 0.1) is 0 Å². The van der Waals surface area contributed by atoms with Crippen LogP contribution in [0.4, 0.5) is 31.1 Å². The predicted octanol–water partition coefficient (Wildman–Crippen LogP) is 8.24. The van der Waals surface area contributed by atoms with E-state index >= 15 is 0 Å². The standard InChI is InChI=1S/C34H38F6N2O3/c1-4-11-24-20-27(32(45,33(35,36)37)34(38,39)40)21-25(12-5-2)28(24)15-7-6-10-18-42-29(43)31(3,41-30(42)44)26-17-16-22-13-8-9-14-23(22)19-26/h8-9,13-14,16-17,19-21,45H,4-7,10-12,15,18H2,1-3H3,(H,41,44). The van der Waals surface area contributed by atoms with Crippen LogP contribution in [0.1, 0.15) is 80.7 Å². The number of carbonyl (C=O) groups is 2. The number of rotatable bonds is 12. The smallest absolute Gasteiger partial charge is 0.369 e. The van der Waals surface area contributed by atoms with Crippen LogP contribution < -0.4 is 5.32 Å². The van der Waals surface area contributed by atoms with Gasteiger partial charge in [-0.25, -0.2) is 4.79 Å². The van der Waals surface area contributed by atoms with E-state index in [4.69, 9.17) is 0 Å². The van der Waals surface area contributed by atoms with Crippen molar-refractivity contribution < 1.29 is 41.0 Å². The highest BCUT2D eigenvalue weighted by molar-refractivity contribution is 6.07. The van der Waals surface area contributed by atoms with E-state index in [1.54, 1.807) is 20.8 Å². The number of carbonyl (C=O) groups excluding carboxylic acids is 2. The van der Waals surface area contributed by atoms with Crippen LogP contribution in [0.2, 0.25) is 0 Å². The normalized spacial score (nSPS) is 17.8. The van der Waals surface area contributed by atoms with Crippen LogP contribution in [0.15, 0.2) is 54.6 Å². The molecule has 0 bridgehead atoms. The molecule has 1 fully saturated rings. The van der Waals surface area contributed by atoms with Crippen LogP contribution >= 0.6 is 0 Å². The van der Waals surface area contributed by atoms with Crippen LogP contribution in [0, 0.1) is 0 Å². The molecule has 1 heterocycles. The predicted molar refractivity (Wildman–Crippen MR) is 160 cm³/mol. The second-order valence-corrected chi connectivity index (χ2v) is 11.9. The zero-order valence-corrected chi connectivity index (χ0v) is 25.5. The van der Waals surface area contributed by atoms with E-state index in [2.05, 4.69) is 5.32 Å². The molecule has 0 aliphatic carbocycles. The Labute approximate surface area is 258 Å². The molecule has 45 heavy (non-hydrogen) atoms. The molecule has 1 atom stereocenters. The molecule has 244 valence electrons. The molecule has 0 spiro atoms. The van der Waals surface area contributed by atoms with Crippen molar-refractivity contribution in [2.75, 3.05) is 6.54 Å². The van der Waals surface area contributed by atoms with Crippen LogP contribution in [-0.2, 0) is 35.2 Å². The summed E-state index contributed by atoms with van der Waals surface area (Å²) in [6, 6.07) is 14.5. The molecular formula is C34H38F6N2O3. The molecule has 0 aromatic heterocycles. The van der Waals surface area contributed by atoms with Gasteiger partial charge in [-0.2, -0.15) is 26.3 Å². The number of urea groups is 1. The van der Waals surface area contributed by atoms with Crippen molar-refractivity contribution in [2.24, 2.45) is 0 Å². The molecule has 0 saturated carbocycles. The molecule has 1 saturated heterocycles. The first kappa shape index (κ1) is 34.3. The quantitative estimate of drug-likeness (QED) is 0.120. The molecule has 3 aromatic rings. The van der Waals surface area contributed by atoms with Crippen molar-refractivity contribution in [3.8, 4) is 0 Å². The lowest BCUT2D eigenvalue weighted by molar-refractivity contribution is -0.376. The molecule has 4 rings (SSSR count). The van der Waals surface area contributed by atoms with Gasteiger partial charge in [-0.3, -0.25) is 9.69 Å². The van der Waals surface area contributed by atoms with Crippen molar-refractivity contribution >= 4 is 22.7 Å². The summed E-state index contributed by atoms with van der Waals surface area (Å²) in [6.45, 7) is 5.39. The maximum atomic E-state index is 13.7. The molecule has 5 nitrogen and oxygen atoms in total. The Morgan fingerprint density at radius 1 is 0.778 bits per heavy atom. The van der Waals surface area contributed by atoms with Gasteiger partial charge in [-0.05, 0) is 78.1 Å². The summed E-state index contributed by atoms with van der Waals surface area (Å²) in [5.74, 6) is -0.365. The molecule has 1 unspecified atom stereocenters. The summed E-state index contributed by atoms with van der Waals surface area (Å²) in [4.78, 5) is 27.4. The maximum absolute atomic E-state index is 13.7. The Hall–Kier alpha value is -3.60. The number of hydrogen-bond acceptors (Lipinski definition) is 3. The number of nitrogens with one attached hydrogen (secondary N) is 1. The number of fused-ring (bicyclic) bond motifs is 1. The number of alkyl halides is 6. The highest BCUT2D eigenvalue weighted by Gasteiger charge is 2.71. The Morgan fingerprint density at radius 3 is 1.91 bits per heavy atom. The fourth-order valence-electron chi connectivity index (χ4n) is 6.14. The van der Waals surface area contributed by atoms with Crippen molar-refractivity contribution in [3.05, 3.63) is 82.4 Å². The minimum Gasteiger partial charge on any atom is -0.369 e. The fourth-order valence-corrected chi connectivity index (χ4v) is 6.14. The number of nitrogens with zero attached hydrogens (tertiary/aromatic N) is 1. The number of imide groups is 1. The average Bonchev–Trinajstić information content (AvgIpc) is 3.19. The number of aliphatic hydroxyl groups is 1. The van der Waals surface area contributed by atoms with Crippen LogP contribution in [0.25, 0.3) is 10.8 Å². The number of hydrogen-bond donors (Lipinski definition) is 2. The van der Waals surface area contributed by atoms with Crippen molar-refractivity contribution in [1.82, 2.24) is 10.2 Å². The van der Waals surface area contributed by atoms with Gasteiger partial charge in [0, 0.05) is 12.1 Å². The monoisotopic (exact) mass is 636 g/mol. The fraction of sp³-hybridized carbons (Fsp3) is 0.471. The third kappa shape index (κ3) is 6.55. The second kappa shape index (κ2) is 13.0. The van der Waals surface area contributed by atoms with Gasteiger partial charge in [-0.15, -0.1) is 0 Å². The first-order valence-corrected chi connectivity index (χ1v) is 15.2. The zero-order chi connectivity index (χ0) is 33.2. The highest BCUT2D eigenvalue weighted by atomic mass is 19.4. The minimum atomic E-state index is -5.95. The van der Waals surface area contributed by atoms with Gasteiger partial charge < -0.3 is 10.4 Å². The summed E-state index contributed by atoms with van der Waals surface area (Å²) >= 11 is 0. The second-order valence-electron chi connectivity index (χ2n) is 11.9. The molecule has 1 aliphatic rings. The van der Waals surface area contributed by atoms with E-state index in [0.717, 1.165) is 22.9 Å². The number of amides is 3. The van der Waals surface area contributed by atoms with E-state index < -0.39 is 35.1 Å². The number of aryl methyl sites for hydroxylation is 2. The van der Waals surface area contributed by atoms with Gasteiger partial charge in [0.2, 0.25) is 0 Å². The van der Waals surface area contributed by atoms with Crippen molar-refractivity contribution in [3.63, 3.8) is 0 Å². The largest absolute Gasteiger partial charge is 0.430 e. The SMILES string of the molecule is CCCc1cc(C(O)(C(F)(F)F)C(F)(F)F)cc(CCC)c1CCCCCN1C(=O)NC(C)(c2ccc3ccccc3c2)C1=O. The number of halogens is 6.